The van der Waals surface area contributed by atoms with Crippen molar-refractivity contribution in [2.75, 3.05) is 10.2 Å². The first-order valence-corrected chi connectivity index (χ1v) is 15.1. The molecule has 1 N–H and O–H groups in total. The molecule has 44 heavy (non-hydrogen) atoms. The van der Waals surface area contributed by atoms with Gasteiger partial charge in [0.05, 0.1) is 11.4 Å². The van der Waals surface area contributed by atoms with E-state index >= 15 is 0 Å². The van der Waals surface area contributed by atoms with Gasteiger partial charge in [-0.2, -0.15) is 0 Å². The fraction of sp³-hybridized carbons (Fsp3) is 0.0244. The van der Waals surface area contributed by atoms with Gasteiger partial charge in [-0.05, 0) is 75.2 Å². The second-order valence-electron chi connectivity index (χ2n) is 11.4. The quantitative estimate of drug-likeness (QED) is 0.230. The van der Waals surface area contributed by atoms with E-state index in [4.69, 9.17) is 4.74 Å². The lowest BCUT2D eigenvalue weighted by Gasteiger charge is -2.28. The van der Waals surface area contributed by atoms with E-state index in [9.17, 15) is 0 Å². The van der Waals surface area contributed by atoms with Crippen LogP contribution in [-0.4, -0.2) is 0 Å². The Morgan fingerprint density at radius 1 is 0.500 bits per heavy atom. The van der Waals surface area contributed by atoms with Crippen molar-refractivity contribution < 1.29 is 4.74 Å². The lowest BCUT2D eigenvalue weighted by atomic mass is 9.90. The molecule has 0 saturated heterocycles. The highest BCUT2D eigenvalue weighted by atomic mass is 16.5. The molecule has 0 fully saturated rings. The maximum atomic E-state index is 6.37. The average molecular weight is 565 g/mol. The number of hydrogen-bond donors (Lipinski definition) is 1. The van der Waals surface area contributed by atoms with Crippen LogP contribution in [0.25, 0.3) is 44.2 Å². The Hall–Kier alpha value is -5.80. The fourth-order valence-electron chi connectivity index (χ4n) is 6.82. The van der Waals surface area contributed by atoms with Crippen LogP contribution in [0.3, 0.4) is 0 Å². The van der Waals surface area contributed by atoms with E-state index < -0.39 is 0 Å². The van der Waals surface area contributed by atoms with Gasteiger partial charge in [-0.1, -0.05) is 121 Å². The molecule has 0 spiro atoms. The summed E-state index contributed by atoms with van der Waals surface area (Å²) in [5.41, 5.74) is 11.8. The molecule has 7 aromatic rings. The lowest BCUT2D eigenvalue weighted by molar-refractivity contribution is 0.487. The summed E-state index contributed by atoms with van der Waals surface area (Å²) in [6.07, 6.45) is -0.0336. The van der Waals surface area contributed by atoms with Crippen LogP contribution in [0.5, 0.6) is 11.5 Å². The number of nitrogens with one attached hydrogen (secondary N) is 1. The molecule has 3 heteroatoms. The van der Waals surface area contributed by atoms with Crippen LogP contribution in [-0.2, 0) is 0 Å². The largest absolute Gasteiger partial charge is 0.456 e. The van der Waals surface area contributed by atoms with Crippen LogP contribution < -0.4 is 15.0 Å². The second kappa shape index (κ2) is 9.89. The van der Waals surface area contributed by atoms with Gasteiger partial charge < -0.3 is 15.0 Å². The lowest BCUT2D eigenvalue weighted by Crippen LogP contribution is -2.23. The highest BCUT2D eigenvalue weighted by Crippen LogP contribution is 2.50. The molecule has 7 aromatic carbocycles. The third-order valence-corrected chi connectivity index (χ3v) is 8.88. The summed E-state index contributed by atoms with van der Waals surface area (Å²) in [7, 11) is 0. The van der Waals surface area contributed by atoms with E-state index in [0.717, 1.165) is 28.4 Å². The molecule has 3 nitrogen and oxygen atoms in total. The SMILES string of the molecule is c1ccc(-c2ccc(C3Nc4ccccc4N3c3cccc(-c4ccc5c6c(cccc46)-c4ccccc4O5)c3)cc2)cc1. The van der Waals surface area contributed by atoms with Gasteiger partial charge in [-0.15, -0.1) is 0 Å². The van der Waals surface area contributed by atoms with Crippen LogP contribution in [0.2, 0.25) is 0 Å². The van der Waals surface area contributed by atoms with Crippen molar-refractivity contribution in [2.45, 2.75) is 6.17 Å². The molecule has 9 rings (SSSR count). The number of rotatable bonds is 4. The zero-order valence-electron chi connectivity index (χ0n) is 23.9. The average Bonchev–Trinajstić information content (AvgIpc) is 3.49. The van der Waals surface area contributed by atoms with E-state index in [1.54, 1.807) is 0 Å². The predicted octanol–water partition coefficient (Wildman–Crippen LogP) is 11.2. The fourth-order valence-corrected chi connectivity index (χ4v) is 6.82. The van der Waals surface area contributed by atoms with Crippen molar-refractivity contribution in [1.82, 2.24) is 0 Å². The van der Waals surface area contributed by atoms with Crippen molar-refractivity contribution in [2.24, 2.45) is 0 Å². The standard InChI is InChI=1S/C41H28N2O/c1-2-10-27(11-3-1)28-20-22-29(23-21-28)41-42-36-17-5-6-18-37(36)43(41)31-13-8-12-30(26-31)32-24-25-39-40-34(32)15-9-16-35(40)33-14-4-7-19-38(33)44-39/h1-26,41-42H. The maximum absolute atomic E-state index is 6.37. The second-order valence-corrected chi connectivity index (χ2v) is 11.4. The third kappa shape index (κ3) is 3.90. The van der Waals surface area contributed by atoms with Crippen molar-refractivity contribution in [3.05, 3.63) is 163 Å². The van der Waals surface area contributed by atoms with E-state index in [-0.39, 0.29) is 6.17 Å². The number of benzene rings is 7. The van der Waals surface area contributed by atoms with Crippen LogP contribution in [0, 0.1) is 0 Å². The molecule has 208 valence electrons. The zero-order chi connectivity index (χ0) is 29.0. The molecule has 2 aliphatic heterocycles. The van der Waals surface area contributed by atoms with Crippen LogP contribution in [0.4, 0.5) is 17.1 Å². The van der Waals surface area contributed by atoms with Gasteiger partial charge in [0.1, 0.15) is 17.7 Å². The predicted molar refractivity (Wildman–Crippen MR) is 182 cm³/mol. The molecular formula is C41H28N2O. The molecule has 1 atom stereocenters. The molecule has 0 amide bonds. The summed E-state index contributed by atoms with van der Waals surface area (Å²) in [5, 5.41) is 6.16. The topological polar surface area (TPSA) is 24.5 Å². The van der Waals surface area contributed by atoms with E-state index in [1.807, 2.05) is 12.1 Å². The number of fused-ring (bicyclic) bond motifs is 3. The number of anilines is 3. The number of hydrogen-bond acceptors (Lipinski definition) is 3. The number of nitrogens with zero attached hydrogens (tertiary/aromatic N) is 1. The van der Waals surface area contributed by atoms with Gasteiger partial charge in [0.15, 0.2) is 0 Å². The monoisotopic (exact) mass is 564 g/mol. The third-order valence-electron chi connectivity index (χ3n) is 8.88. The minimum absolute atomic E-state index is 0.0336. The molecule has 1 unspecified atom stereocenters. The Labute approximate surface area is 256 Å². The van der Waals surface area contributed by atoms with Crippen molar-refractivity contribution >= 4 is 27.8 Å². The van der Waals surface area contributed by atoms with E-state index in [1.165, 1.54) is 49.8 Å². The molecule has 0 aliphatic carbocycles. The summed E-state index contributed by atoms with van der Waals surface area (Å²) < 4.78 is 6.37. The Balaban J connectivity index is 1.14. The summed E-state index contributed by atoms with van der Waals surface area (Å²) in [6.45, 7) is 0. The molecule has 0 saturated carbocycles. The Bertz CT molecular complexity index is 2190. The highest BCUT2D eigenvalue weighted by Gasteiger charge is 2.31. The van der Waals surface area contributed by atoms with Crippen LogP contribution in [0.1, 0.15) is 11.7 Å². The van der Waals surface area contributed by atoms with E-state index in [0.29, 0.717) is 0 Å². The number of para-hydroxylation sites is 3. The van der Waals surface area contributed by atoms with Crippen molar-refractivity contribution in [3.63, 3.8) is 0 Å². The van der Waals surface area contributed by atoms with Gasteiger partial charge in [0.25, 0.3) is 0 Å². The van der Waals surface area contributed by atoms with E-state index in [2.05, 4.69) is 156 Å². The summed E-state index contributed by atoms with van der Waals surface area (Å²) in [5.74, 6) is 1.82. The number of ether oxygens (including phenoxy) is 1. The molecule has 2 heterocycles. The van der Waals surface area contributed by atoms with Crippen LogP contribution in [0.15, 0.2) is 158 Å². The highest BCUT2D eigenvalue weighted by molar-refractivity contribution is 6.10. The molecule has 0 bridgehead atoms. The van der Waals surface area contributed by atoms with Crippen molar-refractivity contribution in [1.29, 1.82) is 0 Å². The Kier molecular flexibility index (Phi) is 5.57. The smallest absolute Gasteiger partial charge is 0.135 e. The van der Waals surface area contributed by atoms with Gasteiger partial charge >= 0.3 is 0 Å². The molecule has 0 aromatic heterocycles. The summed E-state index contributed by atoms with van der Waals surface area (Å²) in [4.78, 5) is 2.42. The molecule has 2 aliphatic rings. The first-order chi connectivity index (χ1) is 21.8. The van der Waals surface area contributed by atoms with Crippen LogP contribution >= 0.6 is 0 Å². The van der Waals surface area contributed by atoms with Gasteiger partial charge in [0, 0.05) is 16.6 Å². The minimum atomic E-state index is -0.0336. The summed E-state index contributed by atoms with van der Waals surface area (Å²) in [6, 6.07) is 56.1. The normalized spacial score (nSPS) is 14.5. The Morgan fingerprint density at radius 2 is 1.23 bits per heavy atom. The minimum Gasteiger partial charge on any atom is -0.456 e. The molecule has 0 radical (unpaired) electrons. The Morgan fingerprint density at radius 3 is 2.14 bits per heavy atom. The zero-order valence-corrected chi connectivity index (χ0v) is 23.9. The van der Waals surface area contributed by atoms with Gasteiger partial charge in [0.2, 0.25) is 0 Å². The maximum Gasteiger partial charge on any atom is 0.135 e. The van der Waals surface area contributed by atoms with Crippen molar-refractivity contribution in [3.8, 4) is 44.9 Å². The first kappa shape index (κ1) is 24.8. The van der Waals surface area contributed by atoms with Gasteiger partial charge in [-0.25, -0.2) is 0 Å². The summed E-state index contributed by atoms with van der Waals surface area (Å²) >= 11 is 0. The van der Waals surface area contributed by atoms with Gasteiger partial charge in [-0.3, -0.25) is 0 Å². The molecular weight excluding hydrogens is 536 g/mol. The first-order valence-electron chi connectivity index (χ1n) is 15.1.